The van der Waals surface area contributed by atoms with Crippen molar-refractivity contribution in [2.24, 2.45) is 5.73 Å². The van der Waals surface area contributed by atoms with Gasteiger partial charge in [-0.2, -0.15) is 0 Å². The van der Waals surface area contributed by atoms with Crippen LogP contribution in [0.4, 0.5) is 4.39 Å². The highest BCUT2D eigenvalue weighted by Gasteiger charge is 2.35. The van der Waals surface area contributed by atoms with Gasteiger partial charge < -0.3 is 5.73 Å². The van der Waals surface area contributed by atoms with Crippen LogP contribution in [0.25, 0.3) is 0 Å². The lowest BCUT2D eigenvalue weighted by Gasteiger charge is -2.33. The molecule has 0 radical (unpaired) electrons. The van der Waals surface area contributed by atoms with Gasteiger partial charge in [-0.15, -0.1) is 0 Å². The van der Waals surface area contributed by atoms with Crippen LogP contribution in [0, 0.1) is 5.82 Å². The van der Waals surface area contributed by atoms with Crippen molar-refractivity contribution in [3.05, 3.63) is 29.6 Å². The van der Waals surface area contributed by atoms with Crippen LogP contribution in [0.3, 0.4) is 0 Å². The fraction of sp³-hybridized carbons (Fsp3) is 0.462. The quantitative estimate of drug-likeness (QED) is 0.812. The van der Waals surface area contributed by atoms with Crippen LogP contribution in [-0.2, 0) is 14.6 Å². The third-order valence-corrected chi connectivity index (χ3v) is 5.32. The number of rotatable bonds is 3. The molecule has 2 rings (SSSR count). The van der Waals surface area contributed by atoms with E-state index < -0.39 is 33.1 Å². The highest BCUT2D eigenvalue weighted by molar-refractivity contribution is 7.91. The van der Waals surface area contributed by atoms with E-state index in [1.165, 1.54) is 12.1 Å². The van der Waals surface area contributed by atoms with E-state index in [1.807, 2.05) is 0 Å². The van der Waals surface area contributed by atoms with Gasteiger partial charge in [0.15, 0.2) is 9.84 Å². The summed E-state index contributed by atoms with van der Waals surface area (Å²) in [4.78, 5) is 11.5. The van der Waals surface area contributed by atoms with Crippen LogP contribution in [0.1, 0.15) is 31.9 Å². The van der Waals surface area contributed by atoms with Crippen molar-refractivity contribution < 1.29 is 17.6 Å². The molecular weight excluding hydrogens is 283 g/mol. The Kier molecular flexibility index (Phi) is 3.60. The first kappa shape index (κ1) is 14.9. The summed E-state index contributed by atoms with van der Waals surface area (Å²) in [5.41, 5.74) is 4.64. The van der Waals surface area contributed by atoms with E-state index in [0.717, 1.165) is 6.07 Å². The van der Waals surface area contributed by atoms with Crippen LogP contribution in [0.2, 0.25) is 0 Å². The Morgan fingerprint density at radius 3 is 2.70 bits per heavy atom. The lowest BCUT2D eigenvalue weighted by molar-refractivity contribution is -0.123. The van der Waals surface area contributed by atoms with E-state index in [0.29, 0.717) is 5.56 Å². The van der Waals surface area contributed by atoms with Gasteiger partial charge in [-0.05, 0) is 44.0 Å². The average molecular weight is 300 g/mol. The summed E-state index contributed by atoms with van der Waals surface area (Å²) in [5.74, 6) is -1.11. The fourth-order valence-electron chi connectivity index (χ4n) is 2.27. The maximum atomic E-state index is 13.4. The second-order valence-electron chi connectivity index (χ2n) is 5.48. The van der Waals surface area contributed by atoms with Gasteiger partial charge in [0.25, 0.3) is 0 Å². The molecule has 20 heavy (non-hydrogen) atoms. The predicted molar refractivity (Wildman–Crippen MR) is 72.2 cm³/mol. The minimum Gasteiger partial charge on any atom is -0.368 e. The zero-order valence-electron chi connectivity index (χ0n) is 11.3. The minimum atomic E-state index is -3.39. The summed E-state index contributed by atoms with van der Waals surface area (Å²) in [6, 6.07) is 3.16. The highest BCUT2D eigenvalue weighted by Crippen LogP contribution is 2.33. The Morgan fingerprint density at radius 1 is 1.45 bits per heavy atom. The van der Waals surface area contributed by atoms with Crippen molar-refractivity contribution in [2.75, 3.05) is 5.75 Å². The number of primary amides is 1. The molecule has 0 bridgehead atoms. The Morgan fingerprint density at radius 2 is 2.10 bits per heavy atom. The van der Waals surface area contributed by atoms with E-state index in [-0.39, 0.29) is 17.1 Å². The summed E-state index contributed by atoms with van der Waals surface area (Å²) in [7, 11) is -3.39. The Bertz CT molecular complexity index is 656. The Balaban J connectivity index is 2.45. The van der Waals surface area contributed by atoms with E-state index in [1.54, 1.807) is 13.8 Å². The zero-order chi connectivity index (χ0) is 15.1. The van der Waals surface area contributed by atoms with Crippen molar-refractivity contribution in [1.82, 2.24) is 5.32 Å². The number of nitrogens with one attached hydrogen (secondary N) is 1. The molecule has 1 aliphatic heterocycles. The van der Waals surface area contributed by atoms with E-state index >= 15 is 0 Å². The number of sulfone groups is 1. The molecule has 1 unspecified atom stereocenters. The molecule has 3 N–H and O–H groups in total. The Labute approximate surface area is 117 Å². The lowest BCUT2D eigenvalue weighted by Crippen LogP contribution is -2.52. The van der Waals surface area contributed by atoms with Crippen molar-refractivity contribution >= 4 is 15.7 Å². The molecule has 1 amide bonds. The van der Waals surface area contributed by atoms with E-state index in [9.17, 15) is 17.6 Å². The van der Waals surface area contributed by atoms with Crippen molar-refractivity contribution in [1.29, 1.82) is 0 Å². The first-order valence-electron chi connectivity index (χ1n) is 6.23. The summed E-state index contributed by atoms with van der Waals surface area (Å²) in [6.45, 7) is 3.22. The molecule has 0 aliphatic carbocycles. The number of halogens is 1. The average Bonchev–Trinajstić information content (AvgIpc) is 2.32. The van der Waals surface area contributed by atoms with Crippen molar-refractivity contribution in [2.45, 2.75) is 36.7 Å². The molecular formula is C13H17FN2O3S. The standard InChI is InChI=1S/C13H17FN2O3S/c1-13(2,12(15)17)16-10-5-6-20(18,19)11-4-3-8(14)7-9(10)11/h3-4,7,10,16H,5-6H2,1-2H3,(H2,15,17). The molecule has 5 nitrogen and oxygen atoms in total. The molecule has 0 saturated heterocycles. The molecule has 0 saturated carbocycles. The van der Waals surface area contributed by atoms with E-state index in [4.69, 9.17) is 5.73 Å². The molecule has 1 aliphatic rings. The minimum absolute atomic E-state index is 0.0435. The summed E-state index contributed by atoms with van der Waals surface area (Å²) >= 11 is 0. The summed E-state index contributed by atoms with van der Waals surface area (Å²) in [6.07, 6.45) is 0.273. The fourth-order valence-corrected chi connectivity index (χ4v) is 3.87. The smallest absolute Gasteiger partial charge is 0.237 e. The third kappa shape index (κ3) is 2.69. The highest BCUT2D eigenvalue weighted by atomic mass is 32.2. The zero-order valence-corrected chi connectivity index (χ0v) is 12.1. The molecule has 110 valence electrons. The first-order chi connectivity index (χ1) is 9.13. The van der Waals surface area contributed by atoms with Crippen LogP contribution < -0.4 is 11.1 Å². The van der Waals surface area contributed by atoms with Gasteiger partial charge >= 0.3 is 0 Å². The largest absolute Gasteiger partial charge is 0.368 e. The molecule has 7 heteroatoms. The van der Waals surface area contributed by atoms with Gasteiger partial charge in [0.1, 0.15) is 5.82 Å². The number of amides is 1. The number of carbonyl (C=O) groups is 1. The van der Waals surface area contributed by atoms with Gasteiger partial charge in [-0.3, -0.25) is 10.1 Å². The molecule has 1 heterocycles. The topological polar surface area (TPSA) is 89.3 Å². The molecule has 0 aromatic heterocycles. The van der Waals surface area contributed by atoms with Crippen molar-refractivity contribution in [3.63, 3.8) is 0 Å². The first-order valence-corrected chi connectivity index (χ1v) is 7.88. The number of benzene rings is 1. The third-order valence-electron chi connectivity index (χ3n) is 3.51. The van der Waals surface area contributed by atoms with Gasteiger partial charge in [-0.25, -0.2) is 12.8 Å². The number of hydrogen-bond donors (Lipinski definition) is 2. The maximum absolute atomic E-state index is 13.4. The van der Waals surface area contributed by atoms with Crippen LogP contribution in [0.15, 0.2) is 23.1 Å². The van der Waals surface area contributed by atoms with Crippen LogP contribution >= 0.6 is 0 Å². The molecule has 0 fully saturated rings. The van der Waals surface area contributed by atoms with Crippen molar-refractivity contribution in [3.8, 4) is 0 Å². The monoisotopic (exact) mass is 300 g/mol. The predicted octanol–water partition coefficient (Wildman–Crippen LogP) is 0.898. The van der Waals surface area contributed by atoms with Crippen LogP contribution in [-0.4, -0.2) is 25.6 Å². The van der Waals surface area contributed by atoms with Crippen LogP contribution in [0.5, 0.6) is 0 Å². The second-order valence-corrected chi connectivity index (χ2v) is 7.55. The lowest BCUT2D eigenvalue weighted by atomic mass is 9.97. The van der Waals surface area contributed by atoms with Gasteiger partial charge in [-0.1, -0.05) is 0 Å². The molecule has 1 atom stereocenters. The molecule has 1 aromatic rings. The molecule has 0 spiro atoms. The maximum Gasteiger partial charge on any atom is 0.237 e. The van der Waals surface area contributed by atoms with Gasteiger partial charge in [0.2, 0.25) is 5.91 Å². The Hall–Kier alpha value is -1.47. The summed E-state index contributed by atoms with van der Waals surface area (Å²) in [5, 5.41) is 3.01. The number of fused-ring (bicyclic) bond motifs is 1. The van der Waals surface area contributed by atoms with Gasteiger partial charge in [0, 0.05) is 6.04 Å². The van der Waals surface area contributed by atoms with Gasteiger partial charge in [0.05, 0.1) is 16.2 Å². The normalized spacial score (nSPS) is 21.2. The van der Waals surface area contributed by atoms with E-state index in [2.05, 4.69) is 5.32 Å². The second kappa shape index (κ2) is 4.82. The molecule has 1 aromatic carbocycles. The number of hydrogen-bond acceptors (Lipinski definition) is 4. The number of carbonyl (C=O) groups excluding carboxylic acids is 1. The SMILES string of the molecule is CC(C)(NC1CCS(=O)(=O)c2ccc(F)cc21)C(N)=O. The number of nitrogens with two attached hydrogens (primary N) is 1. The summed E-state index contributed by atoms with van der Waals surface area (Å²) < 4.78 is 37.4.